The Kier molecular flexibility index (Phi) is 4.08. The van der Waals surface area contributed by atoms with Crippen molar-refractivity contribution in [3.05, 3.63) is 34.9 Å². The third-order valence-corrected chi connectivity index (χ3v) is 3.70. The molecule has 2 rings (SSSR count). The molecule has 0 spiro atoms. The molecule has 0 aromatic heterocycles. The number of nitrogens with one attached hydrogen (secondary N) is 1. The van der Waals surface area contributed by atoms with Gasteiger partial charge in [-0.2, -0.15) is 0 Å². The molecule has 94 valence electrons. The molecule has 0 saturated carbocycles. The molecule has 3 heteroatoms. The van der Waals surface area contributed by atoms with Crippen LogP contribution in [0.15, 0.2) is 24.3 Å². The van der Waals surface area contributed by atoms with E-state index in [0.29, 0.717) is 6.04 Å². The van der Waals surface area contributed by atoms with Gasteiger partial charge < -0.3 is 10.1 Å². The maximum absolute atomic E-state index is 5.88. The van der Waals surface area contributed by atoms with E-state index < -0.39 is 0 Å². The summed E-state index contributed by atoms with van der Waals surface area (Å²) in [5.41, 5.74) is 1.27. The zero-order chi connectivity index (χ0) is 12.3. The number of hydrogen-bond donors (Lipinski definition) is 1. The molecule has 1 saturated heterocycles. The highest BCUT2D eigenvalue weighted by molar-refractivity contribution is 6.30. The Balaban J connectivity index is 1.88. The van der Waals surface area contributed by atoms with Crippen molar-refractivity contribution in [2.45, 2.75) is 38.3 Å². The van der Waals surface area contributed by atoms with Crippen LogP contribution in [0.25, 0.3) is 0 Å². The zero-order valence-corrected chi connectivity index (χ0v) is 11.3. The van der Waals surface area contributed by atoms with Crippen molar-refractivity contribution in [1.82, 2.24) is 5.32 Å². The minimum atomic E-state index is 0.0146. The largest absolute Gasteiger partial charge is 0.374 e. The standard InChI is InChI=1S/C14H20ClNO/c1-11(12-4-6-13(15)7-5-12)16-10-14(2)8-3-9-17-14/h4-7,11,16H,3,8-10H2,1-2H3. The Bertz CT molecular complexity index is 357. The quantitative estimate of drug-likeness (QED) is 0.886. The summed E-state index contributed by atoms with van der Waals surface area (Å²) >= 11 is 5.88. The lowest BCUT2D eigenvalue weighted by atomic mass is 10.0. The van der Waals surface area contributed by atoms with Crippen molar-refractivity contribution in [1.29, 1.82) is 0 Å². The van der Waals surface area contributed by atoms with Gasteiger partial charge in [0.2, 0.25) is 0 Å². The van der Waals surface area contributed by atoms with E-state index in [0.717, 1.165) is 24.6 Å². The molecule has 1 heterocycles. The lowest BCUT2D eigenvalue weighted by Crippen LogP contribution is -2.38. The van der Waals surface area contributed by atoms with Crippen LogP contribution in [0.5, 0.6) is 0 Å². The van der Waals surface area contributed by atoms with E-state index in [4.69, 9.17) is 16.3 Å². The average Bonchev–Trinajstić information content (AvgIpc) is 2.75. The molecule has 1 aliphatic heterocycles. The predicted octanol–water partition coefficient (Wildman–Crippen LogP) is 3.56. The first-order chi connectivity index (χ1) is 8.09. The van der Waals surface area contributed by atoms with Gasteiger partial charge in [0, 0.05) is 24.2 Å². The molecule has 1 N–H and O–H groups in total. The first kappa shape index (κ1) is 12.9. The molecule has 2 unspecified atom stereocenters. The molecule has 2 atom stereocenters. The van der Waals surface area contributed by atoms with Gasteiger partial charge in [0.1, 0.15) is 0 Å². The van der Waals surface area contributed by atoms with Crippen LogP contribution in [-0.2, 0) is 4.74 Å². The first-order valence-electron chi connectivity index (χ1n) is 6.22. The van der Waals surface area contributed by atoms with Gasteiger partial charge in [0.15, 0.2) is 0 Å². The Labute approximate surface area is 108 Å². The number of rotatable bonds is 4. The topological polar surface area (TPSA) is 21.3 Å². The van der Waals surface area contributed by atoms with Crippen molar-refractivity contribution >= 4 is 11.6 Å². The van der Waals surface area contributed by atoms with Gasteiger partial charge in [0.05, 0.1) is 5.60 Å². The summed E-state index contributed by atoms with van der Waals surface area (Å²) in [6.45, 7) is 6.15. The van der Waals surface area contributed by atoms with E-state index in [1.54, 1.807) is 0 Å². The Hall–Kier alpha value is -0.570. The number of halogens is 1. The highest BCUT2D eigenvalue weighted by Crippen LogP contribution is 2.25. The molecule has 0 bridgehead atoms. The van der Waals surface area contributed by atoms with E-state index in [1.165, 1.54) is 12.0 Å². The normalized spacial score (nSPS) is 26.1. The van der Waals surface area contributed by atoms with E-state index in [9.17, 15) is 0 Å². The molecule has 0 amide bonds. The number of benzene rings is 1. The molecule has 1 aliphatic rings. The molecular weight excluding hydrogens is 234 g/mol. The number of hydrogen-bond acceptors (Lipinski definition) is 2. The van der Waals surface area contributed by atoms with Gasteiger partial charge in [-0.15, -0.1) is 0 Å². The van der Waals surface area contributed by atoms with Crippen LogP contribution in [0.3, 0.4) is 0 Å². The second-order valence-electron chi connectivity index (χ2n) is 5.06. The van der Waals surface area contributed by atoms with Gasteiger partial charge in [-0.05, 0) is 44.4 Å². The van der Waals surface area contributed by atoms with Crippen LogP contribution < -0.4 is 5.32 Å². The second kappa shape index (κ2) is 5.38. The summed E-state index contributed by atoms with van der Waals surface area (Å²) in [6.07, 6.45) is 2.32. The van der Waals surface area contributed by atoms with Crippen molar-refractivity contribution in [2.75, 3.05) is 13.2 Å². The molecule has 0 aliphatic carbocycles. The summed E-state index contributed by atoms with van der Waals surface area (Å²) in [5, 5.41) is 4.32. The summed E-state index contributed by atoms with van der Waals surface area (Å²) < 4.78 is 5.76. The monoisotopic (exact) mass is 253 g/mol. The van der Waals surface area contributed by atoms with Gasteiger partial charge in [0.25, 0.3) is 0 Å². The van der Waals surface area contributed by atoms with Gasteiger partial charge in [-0.3, -0.25) is 0 Å². The predicted molar refractivity (Wildman–Crippen MR) is 71.5 cm³/mol. The van der Waals surface area contributed by atoms with Crippen molar-refractivity contribution in [2.24, 2.45) is 0 Å². The summed E-state index contributed by atoms with van der Waals surface area (Å²) in [4.78, 5) is 0. The molecule has 1 fully saturated rings. The highest BCUT2D eigenvalue weighted by Gasteiger charge is 2.29. The molecule has 1 aromatic rings. The Morgan fingerprint density at radius 3 is 2.71 bits per heavy atom. The minimum Gasteiger partial charge on any atom is -0.374 e. The first-order valence-corrected chi connectivity index (χ1v) is 6.60. The van der Waals surface area contributed by atoms with Crippen LogP contribution in [0.1, 0.15) is 38.3 Å². The van der Waals surface area contributed by atoms with Crippen LogP contribution in [-0.4, -0.2) is 18.8 Å². The van der Waals surface area contributed by atoms with Crippen LogP contribution >= 0.6 is 11.6 Å². The van der Waals surface area contributed by atoms with Crippen molar-refractivity contribution < 1.29 is 4.74 Å². The molecular formula is C14H20ClNO. The van der Waals surface area contributed by atoms with E-state index >= 15 is 0 Å². The summed E-state index contributed by atoms with van der Waals surface area (Å²) in [6, 6.07) is 8.33. The Morgan fingerprint density at radius 1 is 1.41 bits per heavy atom. The highest BCUT2D eigenvalue weighted by atomic mass is 35.5. The SMILES string of the molecule is CC(NCC1(C)CCCO1)c1ccc(Cl)cc1. The molecule has 1 aromatic carbocycles. The van der Waals surface area contributed by atoms with Crippen LogP contribution in [0, 0.1) is 0 Å². The van der Waals surface area contributed by atoms with Gasteiger partial charge in [-0.25, -0.2) is 0 Å². The lowest BCUT2D eigenvalue weighted by Gasteiger charge is -2.26. The third-order valence-electron chi connectivity index (χ3n) is 3.45. The third kappa shape index (κ3) is 3.44. The fourth-order valence-electron chi connectivity index (χ4n) is 2.21. The van der Waals surface area contributed by atoms with E-state index in [1.807, 2.05) is 12.1 Å². The fourth-order valence-corrected chi connectivity index (χ4v) is 2.34. The maximum Gasteiger partial charge on any atom is 0.0779 e. The van der Waals surface area contributed by atoms with Gasteiger partial charge in [-0.1, -0.05) is 23.7 Å². The fraction of sp³-hybridized carbons (Fsp3) is 0.571. The van der Waals surface area contributed by atoms with Crippen molar-refractivity contribution in [3.63, 3.8) is 0 Å². The van der Waals surface area contributed by atoms with Crippen molar-refractivity contribution in [3.8, 4) is 0 Å². The summed E-state index contributed by atoms with van der Waals surface area (Å²) in [5.74, 6) is 0. The average molecular weight is 254 g/mol. The molecule has 0 radical (unpaired) electrons. The maximum atomic E-state index is 5.88. The Morgan fingerprint density at radius 2 is 2.12 bits per heavy atom. The van der Waals surface area contributed by atoms with Crippen LogP contribution in [0.2, 0.25) is 5.02 Å². The van der Waals surface area contributed by atoms with Crippen LogP contribution in [0.4, 0.5) is 0 Å². The lowest BCUT2D eigenvalue weighted by molar-refractivity contribution is 0.0191. The van der Waals surface area contributed by atoms with E-state index in [2.05, 4.69) is 31.3 Å². The van der Waals surface area contributed by atoms with Gasteiger partial charge >= 0.3 is 0 Å². The minimum absolute atomic E-state index is 0.0146. The molecule has 2 nitrogen and oxygen atoms in total. The number of ether oxygens (including phenoxy) is 1. The van der Waals surface area contributed by atoms with E-state index in [-0.39, 0.29) is 5.60 Å². The second-order valence-corrected chi connectivity index (χ2v) is 5.49. The smallest absolute Gasteiger partial charge is 0.0779 e. The zero-order valence-electron chi connectivity index (χ0n) is 10.5. The molecule has 17 heavy (non-hydrogen) atoms. The summed E-state index contributed by atoms with van der Waals surface area (Å²) in [7, 11) is 0.